The van der Waals surface area contributed by atoms with Crippen molar-refractivity contribution in [3.05, 3.63) is 53.1 Å². The first kappa shape index (κ1) is 14.7. The Labute approximate surface area is 146 Å². The molecule has 4 rings (SSSR count). The lowest BCUT2D eigenvalue weighted by molar-refractivity contribution is 0.0943. The van der Waals surface area contributed by atoms with Crippen LogP contribution in [-0.2, 0) is 6.54 Å². The van der Waals surface area contributed by atoms with Crippen LogP contribution >= 0.6 is 27.5 Å². The topological polar surface area (TPSA) is 46.9 Å². The van der Waals surface area contributed by atoms with Gasteiger partial charge in [0.15, 0.2) is 0 Å². The molecule has 0 radical (unpaired) electrons. The van der Waals surface area contributed by atoms with Crippen LogP contribution in [0.15, 0.2) is 42.5 Å². The Hall–Kier alpha value is -1.85. The van der Waals surface area contributed by atoms with Gasteiger partial charge in [-0.25, -0.2) is 4.98 Å². The Morgan fingerprint density at radius 3 is 2.78 bits per heavy atom. The number of amides is 1. The van der Waals surface area contributed by atoms with Crippen molar-refractivity contribution in [2.24, 2.45) is 0 Å². The van der Waals surface area contributed by atoms with Crippen molar-refractivity contribution < 1.29 is 4.79 Å². The van der Waals surface area contributed by atoms with Crippen molar-refractivity contribution in [1.82, 2.24) is 14.9 Å². The summed E-state index contributed by atoms with van der Waals surface area (Å²) in [7, 11) is 0. The van der Waals surface area contributed by atoms with E-state index < -0.39 is 0 Å². The van der Waals surface area contributed by atoms with Crippen molar-refractivity contribution in [3.8, 4) is 11.4 Å². The van der Waals surface area contributed by atoms with E-state index in [1.165, 1.54) is 0 Å². The number of aromatic nitrogens is 2. The molecule has 0 spiro atoms. The summed E-state index contributed by atoms with van der Waals surface area (Å²) in [6.45, 7) is 0.669. The van der Waals surface area contributed by atoms with Crippen molar-refractivity contribution in [2.75, 3.05) is 5.33 Å². The highest BCUT2D eigenvalue weighted by Gasteiger charge is 2.25. The molecule has 2 aromatic carbocycles. The van der Waals surface area contributed by atoms with E-state index in [1.807, 2.05) is 42.5 Å². The van der Waals surface area contributed by atoms with Crippen LogP contribution in [0, 0.1) is 0 Å². The molecule has 1 aliphatic heterocycles. The van der Waals surface area contributed by atoms with Crippen LogP contribution in [0.5, 0.6) is 0 Å². The van der Waals surface area contributed by atoms with E-state index in [1.54, 1.807) is 0 Å². The zero-order chi connectivity index (χ0) is 16.0. The second-order valence-corrected chi connectivity index (χ2v) is 6.63. The number of benzene rings is 2. The first-order valence-electron chi connectivity index (χ1n) is 7.29. The van der Waals surface area contributed by atoms with Gasteiger partial charge < -0.3 is 9.88 Å². The van der Waals surface area contributed by atoms with Crippen LogP contribution in [-0.4, -0.2) is 26.8 Å². The van der Waals surface area contributed by atoms with Gasteiger partial charge >= 0.3 is 0 Å². The molecule has 23 heavy (non-hydrogen) atoms. The molecular weight excluding hydrogens is 378 g/mol. The molecule has 1 amide bonds. The number of carbonyl (C=O) groups excluding carboxylic acids is 1. The fourth-order valence-corrected chi connectivity index (χ4v) is 3.48. The molecule has 4 nitrogen and oxygen atoms in total. The third-order valence-corrected chi connectivity index (χ3v) is 5.07. The van der Waals surface area contributed by atoms with E-state index in [2.05, 4.69) is 25.8 Å². The summed E-state index contributed by atoms with van der Waals surface area (Å²) >= 11 is 9.47. The smallest absolute Gasteiger partial charge is 0.253 e. The number of para-hydroxylation sites is 1. The number of alkyl halides is 1. The predicted molar refractivity (Wildman–Crippen MR) is 95.2 cm³/mol. The van der Waals surface area contributed by atoms with Gasteiger partial charge in [0.1, 0.15) is 5.82 Å². The maximum Gasteiger partial charge on any atom is 0.253 e. The number of hydrogen-bond donors (Lipinski definition) is 1. The second-order valence-electron chi connectivity index (χ2n) is 5.55. The summed E-state index contributed by atoms with van der Waals surface area (Å²) in [5, 5.41) is 4.43. The van der Waals surface area contributed by atoms with E-state index in [0.717, 1.165) is 22.4 Å². The normalized spacial score (nSPS) is 17.1. The average molecular weight is 391 g/mol. The number of hydrogen-bond acceptors (Lipinski definition) is 2. The molecule has 6 heteroatoms. The van der Waals surface area contributed by atoms with Crippen LogP contribution in [0.3, 0.4) is 0 Å². The van der Waals surface area contributed by atoms with Gasteiger partial charge in [0.25, 0.3) is 5.91 Å². The Balaban J connectivity index is 2.00. The molecular formula is C17H13BrClN3O. The fourth-order valence-electron chi connectivity index (χ4n) is 2.98. The number of rotatable bonds is 2. The predicted octanol–water partition coefficient (Wildman–Crippen LogP) is 3.86. The first-order valence-corrected chi connectivity index (χ1v) is 8.79. The molecule has 1 N–H and O–H groups in total. The van der Waals surface area contributed by atoms with Gasteiger partial charge in [-0.05, 0) is 36.4 Å². The maximum absolute atomic E-state index is 12.5. The Bertz CT molecular complexity index is 904. The van der Waals surface area contributed by atoms with Crippen LogP contribution in [0.1, 0.15) is 10.4 Å². The van der Waals surface area contributed by atoms with Gasteiger partial charge in [-0.2, -0.15) is 0 Å². The van der Waals surface area contributed by atoms with E-state index >= 15 is 0 Å². The largest absolute Gasteiger partial charge is 0.347 e. The van der Waals surface area contributed by atoms with Crippen LogP contribution in [0.2, 0.25) is 5.02 Å². The van der Waals surface area contributed by atoms with Crippen LogP contribution in [0.4, 0.5) is 0 Å². The minimum Gasteiger partial charge on any atom is -0.347 e. The second kappa shape index (κ2) is 5.65. The summed E-state index contributed by atoms with van der Waals surface area (Å²) in [5.74, 6) is 0.799. The molecule has 0 fully saturated rings. The minimum absolute atomic E-state index is 0.0124. The lowest BCUT2D eigenvalue weighted by Crippen LogP contribution is -2.37. The first-order chi connectivity index (χ1) is 11.2. The third kappa shape index (κ3) is 2.44. The molecule has 0 unspecified atom stereocenters. The standard InChI is InChI=1S/C17H13BrClN3O/c18-8-12-9-22-15-13(17(23)20-12)2-1-3-14(15)21-16(22)10-4-6-11(19)7-5-10/h1-7,12H,8-9H2,(H,20,23)/t12-/m0/s1. The molecule has 0 bridgehead atoms. The highest BCUT2D eigenvalue weighted by atomic mass is 79.9. The number of nitrogens with one attached hydrogen (secondary N) is 1. The molecule has 0 aliphatic carbocycles. The van der Waals surface area contributed by atoms with E-state index in [9.17, 15) is 4.79 Å². The molecule has 1 aliphatic rings. The zero-order valence-corrected chi connectivity index (χ0v) is 14.4. The van der Waals surface area contributed by atoms with Gasteiger partial charge in [0.05, 0.1) is 22.6 Å². The van der Waals surface area contributed by atoms with Gasteiger partial charge in [0.2, 0.25) is 0 Å². The van der Waals surface area contributed by atoms with Crippen molar-refractivity contribution in [2.45, 2.75) is 12.6 Å². The summed E-state index contributed by atoms with van der Waals surface area (Å²) in [4.78, 5) is 17.2. The summed E-state index contributed by atoms with van der Waals surface area (Å²) in [6, 6.07) is 13.3. The molecule has 3 aromatic rings. The number of nitrogens with zero attached hydrogens (tertiary/aromatic N) is 2. The zero-order valence-electron chi connectivity index (χ0n) is 12.1. The lowest BCUT2D eigenvalue weighted by Gasteiger charge is -2.15. The van der Waals surface area contributed by atoms with Crippen molar-refractivity contribution >= 4 is 44.5 Å². The molecule has 0 saturated heterocycles. The summed E-state index contributed by atoms with van der Waals surface area (Å²) < 4.78 is 2.12. The molecule has 116 valence electrons. The van der Waals surface area contributed by atoms with Crippen molar-refractivity contribution in [1.29, 1.82) is 0 Å². The fraction of sp³-hybridized carbons (Fsp3) is 0.176. The monoisotopic (exact) mass is 389 g/mol. The van der Waals surface area contributed by atoms with Gasteiger partial charge in [-0.3, -0.25) is 4.79 Å². The highest BCUT2D eigenvalue weighted by molar-refractivity contribution is 9.09. The molecule has 0 saturated carbocycles. The molecule has 1 atom stereocenters. The van der Waals surface area contributed by atoms with Gasteiger partial charge in [-0.15, -0.1) is 0 Å². The highest BCUT2D eigenvalue weighted by Crippen LogP contribution is 2.30. The average Bonchev–Trinajstić information content (AvgIpc) is 2.85. The Morgan fingerprint density at radius 1 is 1.26 bits per heavy atom. The van der Waals surface area contributed by atoms with E-state index in [0.29, 0.717) is 22.5 Å². The SMILES string of the molecule is O=C1N[C@@H](CBr)Cn2c(-c3ccc(Cl)cc3)nc3cccc1c32. The maximum atomic E-state index is 12.5. The Morgan fingerprint density at radius 2 is 2.04 bits per heavy atom. The van der Waals surface area contributed by atoms with Crippen LogP contribution in [0.25, 0.3) is 22.4 Å². The minimum atomic E-state index is -0.0543. The summed E-state index contributed by atoms with van der Waals surface area (Å²) in [5.41, 5.74) is 3.37. The Kier molecular flexibility index (Phi) is 3.62. The van der Waals surface area contributed by atoms with Crippen LogP contribution < -0.4 is 5.32 Å². The van der Waals surface area contributed by atoms with E-state index in [-0.39, 0.29) is 11.9 Å². The summed E-state index contributed by atoms with van der Waals surface area (Å²) in [6.07, 6.45) is 0. The molecule has 1 aromatic heterocycles. The third-order valence-electron chi connectivity index (χ3n) is 4.04. The van der Waals surface area contributed by atoms with Crippen molar-refractivity contribution in [3.63, 3.8) is 0 Å². The number of halogens is 2. The lowest BCUT2D eigenvalue weighted by atomic mass is 10.1. The number of imidazole rings is 1. The molecule has 2 heterocycles. The number of carbonyl (C=O) groups is 1. The quantitative estimate of drug-likeness (QED) is 0.675. The van der Waals surface area contributed by atoms with E-state index in [4.69, 9.17) is 16.6 Å². The van der Waals surface area contributed by atoms with Gasteiger partial charge in [0, 0.05) is 22.5 Å². The van der Waals surface area contributed by atoms with Gasteiger partial charge in [-0.1, -0.05) is 33.6 Å².